The molecule has 0 aliphatic carbocycles. The van der Waals surface area contributed by atoms with Crippen LogP contribution in [0.15, 0.2) is 29.6 Å². The number of thiazole rings is 1. The Hall–Kier alpha value is -3.14. The van der Waals surface area contributed by atoms with Gasteiger partial charge in [-0.2, -0.15) is 0 Å². The summed E-state index contributed by atoms with van der Waals surface area (Å²) in [5.74, 6) is -0.246. The first-order chi connectivity index (χ1) is 15.2. The first kappa shape index (κ1) is 22.1. The normalized spacial score (nSPS) is 18.7. The smallest absolute Gasteiger partial charge is 0.407 e. The van der Waals surface area contributed by atoms with Crippen molar-refractivity contribution in [2.75, 3.05) is 38.2 Å². The zero-order valence-corrected chi connectivity index (χ0v) is 19.1. The number of hydrogen-bond acceptors (Lipinski definition) is 6. The summed E-state index contributed by atoms with van der Waals surface area (Å²) in [7, 11) is 1.40. The second-order valence-corrected chi connectivity index (χ2v) is 9.57. The van der Waals surface area contributed by atoms with Crippen LogP contribution in [-0.2, 0) is 16.0 Å². The van der Waals surface area contributed by atoms with Crippen molar-refractivity contribution in [2.45, 2.75) is 26.3 Å². The fraction of sp³-hybridized carbons (Fsp3) is 0.455. The molecule has 2 saturated heterocycles. The molecule has 2 fully saturated rings. The van der Waals surface area contributed by atoms with Crippen LogP contribution >= 0.6 is 11.3 Å². The molecule has 32 heavy (non-hydrogen) atoms. The maximum atomic E-state index is 12.8. The van der Waals surface area contributed by atoms with Gasteiger partial charge in [-0.3, -0.25) is 9.69 Å². The number of methoxy groups -OCH3 is 1. The quantitative estimate of drug-likeness (QED) is 0.691. The van der Waals surface area contributed by atoms with Crippen LogP contribution in [-0.4, -0.2) is 77.3 Å². The summed E-state index contributed by atoms with van der Waals surface area (Å²) in [6.07, 6.45) is -0.389. The van der Waals surface area contributed by atoms with E-state index in [4.69, 9.17) is 4.74 Å². The van der Waals surface area contributed by atoms with E-state index in [-0.39, 0.29) is 18.0 Å². The van der Waals surface area contributed by atoms with Gasteiger partial charge in [-0.25, -0.2) is 14.6 Å². The summed E-state index contributed by atoms with van der Waals surface area (Å²) in [4.78, 5) is 45.4. The molecule has 170 valence electrons. The van der Waals surface area contributed by atoms with Crippen molar-refractivity contribution in [3.63, 3.8) is 0 Å². The third-order valence-corrected chi connectivity index (χ3v) is 6.84. The van der Waals surface area contributed by atoms with E-state index in [9.17, 15) is 19.5 Å². The predicted molar refractivity (Wildman–Crippen MR) is 120 cm³/mol. The Balaban J connectivity index is 1.46. The summed E-state index contributed by atoms with van der Waals surface area (Å²) < 4.78 is 4.88. The minimum Gasteiger partial charge on any atom is -0.469 e. The van der Waals surface area contributed by atoms with E-state index in [2.05, 4.69) is 4.98 Å². The van der Waals surface area contributed by atoms with Gasteiger partial charge in [-0.05, 0) is 25.8 Å². The van der Waals surface area contributed by atoms with Crippen molar-refractivity contribution in [3.8, 4) is 11.3 Å². The number of fused-ring (bicyclic) bond motifs is 1. The van der Waals surface area contributed by atoms with Crippen LogP contribution in [0.1, 0.15) is 19.4 Å². The van der Waals surface area contributed by atoms with Crippen LogP contribution in [0.2, 0.25) is 0 Å². The number of hydrogen-bond donors (Lipinski definition) is 1. The maximum Gasteiger partial charge on any atom is 0.407 e. The molecule has 10 heteroatoms. The molecule has 3 amide bonds. The Morgan fingerprint density at radius 1 is 1.22 bits per heavy atom. The van der Waals surface area contributed by atoms with Gasteiger partial charge in [0.15, 0.2) is 5.13 Å². The molecule has 2 aliphatic rings. The number of carbonyl (C=O) groups is 3. The molecule has 9 nitrogen and oxygen atoms in total. The van der Waals surface area contributed by atoms with E-state index in [1.165, 1.54) is 23.3 Å². The van der Waals surface area contributed by atoms with Crippen molar-refractivity contribution < 1.29 is 24.2 Å². The number of benzene rings is 1. The molecule has 4 rings (SSSR count). The summed E-state index contributed by atoms with van der Waals surface area (Å²) >= 11 is 1.40. The predicted octanol–water partition coefficient (Wildman–Crippen LogP) is 3.16. The zero-order chi connectivity index (χ0) is 23.0. The Morgan fingerprint density at radius 3 is 2.59 bits per heavy atom. The van der Waals surface area contributed by atoms with E-state index in [0.717, 1.165) is 16.8 Å². The lowest BCUT2D eigenvalue weighted by molar-refractivity contribution is -0.150. The molecule has 1 aromatic heterocycles. The number of urea groups is 1. The highest BCUT2D eigenvalue weighted by Gasteiger charge is 2.43. The molecular formula is C22H26N4O5S. The van der Waals surface area contributed by atoms with Gasteiger partial charge >= 0.3 is 18.1 Å². The summed E-state index contributed by atoms with van der Waals surface area (Å²) in [6, 6.07) is 7.59. The number of anilines is 1. The summed E-state index contributed by atoms with van der Waals surface area (Å²) in [5.41, 5.74) is 2.11. The third kappa shape index (κ3) is 4.14. The standard InChI is InChI=1S/C22H26N4O5S/c1-22(2,18(27)31-3)10-14-4-6-15(7-5-14)17-13-32-19(23-17)26-12-16-11-24(21(29)30)8-9-25(16)20(26)28/h4-7,13,16H,8-12H2,1-3H3,(H,29,30). The highest BCUT2D eigenvalue weighted by molar-refractivity contribution is 7.14. The number of carbonyl (C=O) groups excluding carboxylic acids is 2. The second kappa shape index (κ2) is 8.42. The Kier molecular flexibility index (Phi) is 5.81. The molecule has 0 spiro atoms. The van der Waals surface area contributed by atoms with Gasteiger partial charge in [-0.15, -0.1) is 11.3 Å². The van der Waals surface area contributed by atoms with E-state index in [1.54, 1.807) is 9.80 Å². The average molecular weight is 459 g/mol. The number of piperazine rings is 1. The molecule has 3 heterocycles. The zero-order valence-electron chi connectivity index (χ0n) is 18.3. The monoisotopic (exact) mass is 458 g/mol. The number of rotatable bonds is 5. The molecule has 2 aromatic rings. The molecule has 1 aromatic carbocycles. The molecule has 2 aliphatic heterocycles. The Labute approximate surface area is 190 Å². The molecule has 1 atom stereocenters. The Morgan fingerprint density at radius 2 is 1.94 bits per heavy atom. The lowest BCUT2D eigenvalue weighted by Crippen LogP contribution is -2.53. The first-order valence-corrected chi connectivity index (χ1v) is 11.3. The van der Waals surface area contributed by atoms with Crippen molar-refractivity contribution >= 4 is 34.6 Å². The number of nitrogens with zero attached hydrogens (tertiary/aromatic N) is 4. The highest BCUT2D eigenvalue weighted by Crippen LogP contribution is 2.33. The average Bonchev–Trinajstić information content (AvgIpc) is 3.38. The van der Waals surface area contributed by atoms with Crippen LogP contribution in [0.5, 0.6) is 0 Å². The minimum atomic E-state index is -0.953. The van der Waals surface area contributed by atoms with Gasteiger partial charge in [0, 0.05) is 30.6 Å². The molecule has 1 unspecified atom stereocenters. The second-order valence-electron chi connectivity index (χ2n) is 8.73. The number of amides is 3. The lowest BCUT2D eigenvalue weighted by atomic mass is 9.85. The molecule has 0 saturated carbocycles. The number of ether oxygens (including phenoxy) is 1. The fourth-order valence-corrected chi connectivity index (χ4v) is 5.05. The van der Waals surface area contributed by atoms with Gasteiger partial charge in [0.1, 0.15) is 0 Å². The van der Waals surface area contributed by atoms with E-state index < -0.39 is 11.5 Å². The highest BCUT2D eigenvalue weighted by atomic mass is 32.1. The molecule has 0 bridgehead atoms. The Bertz CT molecular complexity index is 1040. The van der Waals surface area contributed by atoms with E-state index in [1.807, 2.05) is 43.5 Å². The van der Waals surface area contributed by atoms with Crippen LogP contribution in [0.4, 0.5) is 14.7 Å². The van der Waals surface area contributed by atoms with Gasteiger partial charge in [0.2, 0.25) is 0 Å². The summed E-state index contributed by atoms with van der Waals surface area (Å²) in [5, 5.41) is 11.8. The van der Waals surface area contributed by atoms with Gasteiger partial charge in [0.25, 0.3) is 0 Å². The van der Waals surface area contributed by atoms with E-state index >= 15 is 0 Å². The van der Waals surface area contributed by atoms with Crippen molar-refractivity contribution in [1.82, 2.24) is 14.8 Å². The molecular weight excluding hydrogens is 432 g/mol. The van der Waals surface area contributed by atoms with Gasteiger partial charge in [-0.1, -0.05) is 24.3 Å². The number of esters is 1. The van der Waals surface area contributed by atoms with Crippen LogP contribution in [0.25, 0.3) is 11.3 Å². The number of carboxylic acid groups (broad SMARTS) is 1. The third-order valence-electron chi connectivity index (χ3n) is 5.98. The maximum absolute atomic E-state index is 12.8. The van der Waals surface area contributed by atoms with Crippen molar-refractivity contribution in [3.05, 3.63) is 35.2 Å². The molecule has 1 N–H and O–H groups in total. The first-order valence-electron chi connectivity index (χ1n) is 10.4. The topological polar surface area (TPSA) is 103 Å². The van der Waals surface area contributed by atoms with Crippen LogP contribution < -0.4 is 4.90 Å². The fourth-order valence-electron chi connectivity index (χ4n) is 4.21. The van der Waals surface area contributed by atoms with E-state index in [0.29, 0.717) is 37.7 Å². The largest absolute Gasteiger partial charge is 0.469 e. The van der Waals surface area contributed by atoms with Crippen molar-refractivity contribution in [2.24, 2.45) is 5.41 Å². The van der Waals surface area contributed by atoms with Crippen LogP contribution in [0.3, 0.4) is 0 Å². The minimum absolute atomic E-state index is 0.124. The van der Waals surface area contributed by atoms with Crippen molar-refractivity contribution in [1.29, 1.82) is 0 Å². The molecule has 0 radical (unpaired) electrons. The SMILES string of the molecule is COC(=O)C(C)(C)Cc1ccc(-c2csc(N3CC4CN(C(=O)O)CCN4C3=O)n2)cc1. The van der Waals surface area contributed by atoms with Crippen LogP contribution in [0, 0.1) is 5.41 Å². The van der Waals surface area contributed by atoms with Gasteiger partial charge < -0.3 is 19.6 Å². The van der Waals surface area contributed by atoms with Gasteiger partial charge in [0.05, 0.1) is 30.8 Å². The summed E-state index contributed by atoms with van der Waals surface area (Å²) in [6.45, 7) is 5.18. The lowest BCUT2D eigenvalue weighted by Gasteiger charge is -2.34. The number of aromatic nitrogens is 1.